The van der Waals surface area contributed by atoms with Crippen molar-refractivity contribution in [3.05, 3.63) is 0 Å². The molecule has 4 rings (SSSR count). The SMILES string of the molecule is CC(CCC12CC3CC(CC(C3)C1)C2)=NNC(N)=S. The Kier molecular flexibility index (Phi) is 3.54. The van der Waals surface area contributed by atoms with Gasteiger partial charge in [0.05, 0.1) is 0 Å². The number of nitrogens with zero attached hydrogens (tertiary/aromatic N) is 1. The molecule has 4 aliphatic rings. The standard InChI is InChI=1S/C15H25N3S/c1-10(17-18-14(16)19)2-3-15-7-11-4-12(8-15)6-13(5-11)9-15/h11-13H,2-9H2,1H3,(H3,16,18,19). The van der Waals surface area contributed by atoms with E-state index in [2.05, 4.69) is 17.5 Å². The van der Waals surface area contributed by atoms with Gasteiger partial charge in [-0.1, -0.05) is 0 Å². The second-order valence-electron chi connectivity index (χ2n) is 7.24. The minimum absolute atomic E-state index is 0.258. The van der Waals surface area contributed by atoms with E-state index in [9.17, 15) is 0 Å². The summed E-state index contributed by atoms with van der Waals surface area (Å²) in [7, 11) is 0. The molecule has 0 spiro atoms. The summed E-state index contributed by atoms with van der Waals surface area (Å²) in [6.45, 7) is 2.08. The fourth-order valence-corrected chi connectivity index (χ4v) is 5.29. The second kappa shape index (κ2) is 5.04. The third-order valence-electron chi connectivity index (χ3n) is 5.54. The van der Waals surface area contributed by atoms with Crippen LogP contribution in [0.3, 0.4) is 0 Å². The van der Waals surface area contributed by atoms with E-state index < -0.39 is 0 Å². The lowest BCUT2D eigenvalue weighted by atomic mass is 9.48. The van der Waals surface area contributed by atoms with Gasteiger partial charge in [-0.05, 0) is 93.7 Å². The van der Waals surface area contributed by atoms with E-state index in [0.29, 0.717) is 5.41 Å². The first-order valence-electron chi connectivity index (χ1n) is 7.63. The number of hydrazone groups is 1. The van der Waals surface area contributed by atoms with Gasteiger partial charge in [-0.25, -0.2) is 0 Å². The monoisotopic (exact) mass is 279 g/mol. The quantitative estimate of drug-likeness (QED) is 0.472. The maximum Gasteiger partial charge on any atom is 0.184 e. The average molecular weight is 279 g/mol. The molecule has 0 heterocycles. The van der Waals surface area contributed by atoms with Crippen molar-refractivity contribution < 1.29 is 0 Å². The Balaban J connectivity index is 1.58. The Morgan fingerprint density at radius 1 is 1.21 bits per heavy atom. The molecule has 0 unspecified atom stereocenters. The van der Waals surface area contributed by atoms with Crippen molar-refractivity contribution in [3.8, 4) is 0 Å². The van der Waals surface area contributed by atoms with Gasteiger partial charge in [-0.2, -0.15) is 5.10 Å². The molecule has 4 heteroatoms. The number of nitrogens with two attached hydrogens (primary N) is 1. The summed E-state index contributed by atoms with van der Waals surface area (Å²) in [4.78, 5) is 0. The van der Waals surface area contributed by atoms with Crippen LogP contribution in [-0.4, -0.2) is 10.8 Å². The van der Waals surface area contributed by atoms with E-state index in [1.807, 2.05) is 0 Å². The minimum atomic E-state index is 0.258. The van der Waals surface area contributed by atoms with Crippen molar-refractivity contribution in [2.24, 2.45) is 34.0 Å². The summed E-state index contributed by atoms with van der Waals surface area (Å²) in [6.07, 6.45) is 11.4. The van der Waals surface area contributed by atoms with E-state index in [1.54, 1.807) is 0 Å². The van der Waals surface area contributed by atoms with Crippen LogP contribution in [0, 0.1) is 23.2 Å². The summed E-state index contributed by atoms with van der Waals surface area (Å²) >= 11 is 4.77. The van der Waals surface area contributed by atoms with Gasteiger partial charge in [0.1, 0.15) is 0 Å². The Bertz CT molecular complexity index is 367. The minimum Gasteiger partial charge on any atom is -0.375 e. The Morgan fingerprint density at radius 2 is 1.74 bits per heavy atom. The molecule has 0 aromatic rings. The number of thiocarbonyl (C=S) groups is 1. The van der Waals surface area contributed by atoms with E-state index in [-0.39, 0.29) is 5.11 Å². The third kappa shape index (κ3) is 2.93. The van der Waals surface area contributed by atoms with Gasteiger partial charge in [0.25, 0.3) is 0 Å². The topological polar surface area (TPSA) is 50.4 Å². The maximum atomic E-state index is 5.40. The molecular formula is C15H25N3S. The lowest BCUT2D eigenvalue weighted by Gasteiger charge is -2.57. The molecule has 4 bridgehead atoms. The first kappa shape index (κ1) is 13.3. The van der Waals surface area contributed by atoms with E-state index in [1.165, 1.54) is 44.9 Å². The molecule has 0 aromatic heterocycles. The lowest BCUT2D eigenvalue weighted by molar-refractivity contribution is -0.0560. The van der Waals surface area contributed by atoms with E-state index in [4.69, 9.17) is 18.0 Å². The molecule has 4 aliphatic carbocycles. The highest BCUT2D eigenvalue weighted by Gasteiger charge is 2.50. The van der Waals surface area contributed by atoms with Gasteiger partial charge in [0.15, 0.2) is 5.11 Å². The highest BCUT2D eigenvalue weighted by Crippen LogP contribution is 2.61. The molecule has 0 aliphatic heterocycles. The molecule has 106 valence electrons. The molecule has 4 saturated carbocycles. The maximum absolute atomic E-state index is 5.40. The van der Waals surface area contributed by atoms with Crippen LogP contribution in [0.2, 0.25) is 0 Å². The highest BCUT2D eigenvalue weighted by molar-refractivity contribution is 7.80. The van der Waals surface area contributed by atoms with Crippen molar-refractivity contribution in [2.75, 3.05) is 0 Å². The Labute approximate surface area is 121 Å². The predicted octanol–water partition coefficient (Wildman–Crippen LogP) is 3.19. The first-order chi connectivity index (χ1) is 9.05. The van der Waals surface area contributed by atoms with Gasteiger partial charge in [-0.15, -0.1) is 0 Å². The number of nitrogens with one attached hydrogen (secondary N) is 1. The van der Waals surface area contributed by atoms with Crippen LogP contribution in [-0.2, 0) is 0 Å². The first-order valence-corrected chi connectivity index (χ1v) is 8.04. The predicted molar refractivity (Wildman–Crippen MR) is 82.9 cm³/mol. The van der Waals surface area contributed by atoms with Crippen LogP contribution in [0.15, 0.2) is 5.10 Å². The third-order valence-corrected chi connectivity index (χ3v) is 5.63. The molecule has 0 saturated heterocycles. The van der Waals surface area contributed by atoms with Crippen LogP contribution in [0.4, 0.5) is 0 Å². The zero-order chi connectivity index (χ0) is 13.5. The summed E-state index contributed by atoms with van der Waals surface area (Å²) in [5.74, 6) is 3.12. The van der Waals surface area contributed by atoms with Crippen molar-refractivity contribution >= 4 is 23.0 Å². The molecule has 0 amide bonds. The smallest absolute Gasteiger partial charge is 0.184 e. The molecule has 4 fully saturated rings. The van der Waals surface area contributed by atoms with Crippen LogP contribution in [0.1, 0.15) is 58.3 Å². The summed E-state index contributed by atoms with van der Waals surface area (Å²) in [5.41, 5.74) is 9.87. The van der Waals surface area contributed by atoms with Gasteiger partial charge < -0.3 is 5.73 Å². The number of hydrogen-bond donors (Lipinski definition) is 2. The van der Waals surface area contributed by atoms with Crippen LogP contribution >= 0.6 is 12.2 Å². The van der Waals surface area contributed by atoms with Crippen LogP contribution in [0.5, 0.6) is 0 Å². The zero-order valence-electron chi connectivity index (χ0n) is 11.8. The van der Waals surface area contributed by atoms with Gasteiger partial charge in [0.2, 0.25) is 0 Å². The van der Waals surface area contributed by atoms with Gasteiger partial charge in [0, 0.05) is 5.71 Å². The second-order valence-corrected chi connectivity index (χ2v) is 7.68. The fourth-order valence-electron chi connectivity index (χ4n) is 5.25. The van der Waals surface area contributed by atoms with Crippen molar-refractivity contribution in [1.82, 2.24) is 5.43 Å². The summed E-state index contributed by atoms with van der Waals surface area (Å²) in [6, 6.07) is 0. The molecule has 0 aromatic carbocycles. The largest absolute Gasteiger partial charge is 0.375 e. The molecule has 19 heavy (non-hydrogen) atoms. The molecule has 0 radical (unpaired) electrons. The number of rotatable bonds is 4. The molecule has 0 atom stereocenters. The Hall–Kier alpha value is -0.640. The lowest BCUT2D eigenvalue weighted by Crippen LogP contribution is -2.46. The van der Waals surface area contributed by atoms with Crippen molar-refractivity contribution in [3.63, 3.8) is 0 Å². The van der Waals surface area contributed by atoms with Crippen LogP contribution in [0.25, 0.3) is 0 Å². The van der Waals surface area contributed by atoms with Gasteiger partial charge in [-0.3, -0.25) is 5.43 Å². The fraction of sp³-hybridized carbons (Fsp3) is 0.867. The van der Waals surface area contributed by atoms with Crippen LogP contribution < -0.4 is 11.2 Å². The summed E-state index contributed by atoms with van der Waals surface area (Å²) in [5, 5.41) is 4.50. The van der Waals surface area contributed by atoms with Gasteiger partial charge >= 0.3 is 0 Å². The molecule has 3 nitrogen and oxygen atoms in total. The van der Waals surface area contributed by atoms with Crippen molar-refractivity contribution in [1.29, 1.82) is 0 Å². The normalized spacial score (nSPS) is 40.5. The highest BCUT2D eigenvalue weighted by atomic mass is 32.1. The van der Waals surface area contributed by atoms with Crippen molar-refractivity contribution in [2.45, 2.75) is 58.3 Å². The van der Waals surface area contributed by atoms with E-state index >= 15 is 0 Å². The summed E-state index contributed by atoms with van der Waals surface area (Å²) < 4.78 is 0. The average Bonchev–Trinajstić information content (AvgIpc) is 2.32. The zero-order valence-corrected chi connectivity index (χ0v) is 12.6. The number of hydrogen-bond acceptors (Lipinski definition) is 2. The molecular weight excluding hydrogens is 254 g/mol. The Morgan fingerprint density at radius 3 is 2.21 bits per heavy atom. The molecule has 3 N–H and O–H groups in total. The van der Waals surface area contributed by atoms with E-state index in [0.717, 1.165) is 29.9 Å².